The predicted molar refractivity (Wildman–Crippen MR) is 82.9 cm³/mol. The lowest BCUT2D eigenvalue weighted by Gasteiger charge is -2.10. The lowest BCUT2D eigenvalue weighted by atomic mass is 10.2. The van der Waals surface area contributed by atoms with Crippen molar-refractivity contribution in [3.05, 3.63) is 64.8 Å². The zero-order valence-electron chi connectivity index (χ0n) is 10.8. The van der Waals surface area contributed by atoms with Crippen LogP contribution in [0.5, 0.6) is 11.5 Å². The Morgan fingerprint density at radius 2 is 1.81 bits per heavy atom. The number of carbonyl (C=O) groups is 1. The van der Waals surface area contributed by atoms with Gasteiger partial charge in [0.2, 0.25) is 0 Å². The van der Waals surface area contributed by atoms with Gasteiger partial charge in [-0.05, 0) is 36.4 Å². The Hall–Kier alpha value is -2.40. The van der Waals surface area contributed by atoms with E-state index in [4.69, 9.17) is 9.84 Å². The average Bonchev–Trinajstić information content (AvgIpc) is 2.49. The van der Waals surface area contributed by atoms with Crippen molar-refractivity contribution in [1.29, 1.82) is 0 Å². The molecule has 0 amide bonds. The van der Waals surface area contributed by atoms with Gasteiger partial charge in [-0.25, -0.2) is 9.78 Å². The predicted octanol–water partition coefficient (Wildman–Crippen LogP) is 4.49. The molecule has 104 valence electrons. The van der Waals surface area contributed by atoms with E-state index in [0.717, 1.165) is 9.86 Å². The van der Waals surface area contributed by atoms with Gasteiger partial charge < -0.3 is 9.84 Å². The summed E-state index contributed by atoms with van der Waals surface area (Å²) in [5.74, 6) is 0.0209. The molecule has 1 N–H and O–H groups in total. The molecule has 0 atom stereocenters. The highest BCUT2D eigenvalue weighted by Crippen LogP contribution is 2.30. The number of para-hydroxylation sites is 1. The van der Waals surface area contributed by atoms with Crippen LogP contribution in [0.15, 0.2) is 59.1 Å². The molecule has 4 nitrogen and oxygen atoms in total. The van der Waals surface area contributed by atoms with Crippen LogP contribution in [0, 0.1) is 0 Å². The third-order valence-corrected chi connectivity index (χ3v) is 3.47. The maximum Gasteiger partial charge on any atom is 0.354 e. The van der Waals surface area contributed by atoms with E-state index >= 15 is 0 Å². The lowest BCUT2D eigenvalue weighted by molar-refractivity contribution is 0.0690. The summed E-state index contributed by atoms with van der Waals surface area (Å²) >= 11 is 3.36. The minimum atomic E-state index is -1.08. The summed E-state index contributed by atoms with van der Waals surface area (Å²) in [6.45, 7) is 0. The molecular weight excluding hydrogens is 334 g/mol. The normalized spacial score (nSPS) is 10.5. The first-order valence-corrected chi connectivity index (χ1v) is 6.99. The number of aromatic nitrogens is 1. The molecule has 0 aliphatic rings. The van der Waals surface area contributed by atoms with Crippen molar-refractivity contribution in [2.24, 2.45) is 0 Å². The number of rotatable bonds is 3. The van der Waals surface area contributed by atoms with Gasteiger partial charge >= 0.3 is 5.97 Å². The molecular formula is C16H10BrNO3. The van der Waals surface area contributed by atoms with Crippen molar-refractivity contribution < 1.29 is 14.6 Å². The summed E-state index contributed by atoms with van der Waals surface area (Å²) in [6.07, 6.45) is 0. The molecule has 0 spiro atoms. The Morgan fingerprint density at radius 3 is 2.52 bits per heavy atom. The van der Waals surface area contributed by atoms with Crippen molar-refractivity contribution in [2.45, 2.75) is 0 Å². The molecule has 21 heavy (non-hydrogen) atoms. The van der Waals surface area contributed by atoms with Crippen LogP contribution in [0.25, 0.3) is 10.9 Å². The van der Waals surface area contributed by atoms with Crippen molar-refractivity contribution in [2.75, 3.05) is 0 Å². The van der Waals surface area contributed by atoms with Gasteiger partial charge in [-0.2, -0.15) is 0 Å². The highest BCUT2D eigenvalue weighted by Gasteiger charge is 2.12. The van der Waals surface area contributed by atoms with Gasteiger partial charge in [0.15, 0.2) is 5.69 Å². The summed E-state index contributed by atoms with van der Waals surface area (Å²) in [7, 11) is 0. The molecule has 1 heterocycles. The van der Waals surface area contributed by atoms with E-state index in [1.807, 2.05) is 30.3 Å². The summed E-state index contributed by atoms with van der Waals surface area (Å²) in [4.78, 5) is 15.3. The van der Waals surface area contributed by atoms with Crippen molar-refractivity contribution in [1.82, 2.24) is 4.98 Å². The molecule has 0 bridgehead atoms. The van der Waals surface area contributed by atoms with Gasteiger partial charge in [-0.3, -0.25) is 0 Å². The van der Waals surface area contributed by atoms with E-state index in [1.165, 1.54) is 6.07 Å². The Balaban J connectivity index is 2.11. The zero-order valence-corrected chi connectivity index (χ0v) is 12.4. The minimum absolute atomic E-state index is 0.0409. The molecule has 0 fully saturated rings. The number of hydrogen-bond acceptors (Lipinski definition) is 3. The number of nitrogens with zero attached hydrogens (tertiary/aromatic N) is 1. The Morgan fingerprint density at radius 1 is 1.10 bits per heavy atom. The molecule has 0 aliphatic carbocycles. The Labute approximate surface area is 129 Å². The van der Waals surface area contributed by atoms with E-state index in [9.17, 15) is 4.79 Å². The number of carboxylic acid groups (broad SMARTS) is 1. The zero-order chi connectivity index (χ0) is 14.8. The fourth-order valence-electron chi connectivity index (χ4n) is 1.97. The Kier molecular flexibility index (Phi) is 3.58. The van der Waals surface area contributed by atoms with E-state index in [2.05, 4.69) is 20.9 Å². The largest absolute Gasteiger partial charge is 0.477 e. The Bertz CT molecular complexity index is 815. The highest BCUT2D eigenvalue weighted by molar-refractivity contribution is 9.10. The number of fused-ring (bicyclic) bond motifs is 1. The average molecular weight is 344 g/mol. The molecule has 0 saturated heterocycles. The summed E-state index contributed by atoms with van der Waals surface area (Å²) in [5, 5.41) is 9.92. The van der Waals surface area contributed by atoms with Crippen LogP contribution < -0.4 is 4.74 Å². The fourth-order valence-corrected chi connectivity index (χ4v) is 2.23. The first-order valence-electron chi connectivity index (χ1n) is 6.20. The first kappa shape index (κ1) is 13.6. The van der Waals surface area contributed by atoms with Crippen LogP contribution in [-0.2, 0) is 0 Å². The molecule has 0 saturated carbocycles. The molecule has 3 aromatic rings. The third-order valence-electron chi connectivity index (χ3n) is 2.94. The molecule has 0 aliphatic heterocycles. The van der Waals surface area contributed by atoms with Gasteiger partial charge in [0.25, 0.3) is 0 Å². The molecule has 3 rings (SSSR count). The maximum absolute atomic E-state index is 11.2. The number of halogens is 1. The van der Waals surface area contributed by atoms with E-state index in [-0.39, 0.29) is 5.69 Å². The number of benzene rings is 2. The summed E-state index contributed by atoms with van der Waals surface area (Å²) in [6, 6.07) is 16.0. The number of pyridine rings is 1. The van der Waals surface area contributed by atoms with Gasteiger partial charge in [-0.1, -0.05) is 28.1 Å². The highest BCUT2D eigenvalue weighted by atomic mass is 79.9. The third kappa shape index (κ3) is 2.87. The van der Waals surface area contributed by atoms with Gasteiger partial charge in [0, 0.05) is 15.9 Å². The standard InChI is InChI=1S/C16H10BrNO3/c17-10-5-7-11(8-6-10)21-15-9-14(16(19)20)18-13-4-2-1-3-12(13)15/h1-9H,(H,19,20). The topological polar surface area (TPSA) is 59.4 Å². The van der Waals surface area contributed by atoms with Crippen LogP contribution in [-0.4, -0.2) is 16.1 Å². The summed E-state index contributed by atoms with van der Waals surface area (Å²) in [5.41, 5.74) is 0.547. The minimum Gasteiger partial charge on any atom is -0.477 e. The fraction of sp³-hybridized carbons (Fsp3) is 0. The number of aromatic carboxylic acids is 1. The number of ether oxygens (including phenoxy) is 1. The van der Waals surface area contributed by atoms with E-state index < -0.39 is 5.97 Å². The van der Waals surface area contributed by atoms with Crippen LogP contribution in [0.1, 0.15) is 10.5 Å². The van der Waals surface area contributed by atoms with Crippen LogP contribution >= 0.6 is 15.9 Å². The van der Waals surface area contributed by atoms with Crippen molar-refractivity contribution >= 4 is 32.8 Å². The molecule has 0 radical (unpaired) electrons. The summed E-state index contributed by atoms with van der Waals surface area (Å²) < 4.78 is 6.76. The van der Waals surface area contributed by atoms with E-state index in [1.54, 1.807) is 18.2 Å². The molecule has 5 heteroatoms. The first-order chi connectivity index (χ1) is 10.1. The van der Waals surface area contributed by atoms with Gasteiger partial charge in [0.1, 0.15) is 11.5 Å². The smallest absolute Gasteiger partial charge is 0.354 e. The number of hydrogen-bond donors (Lipinski definition) is 1. The quantitative estimate of drug-likeness (QED) is 0.761. The lowest BCUT2D eigenvalue weighted by Crippen LogP contribution is -2.01. The van der Waals surface area contributed by atoms with Gasteiger partial charge in [0.05, 0.1) is 5.52 Å². The molecule has 2 aromatic carbocycles. The van der Waals surface area contributed by atoms with E-state index in [0.29, 0.717) is 17.0 Å². The van der Waals surface area contributed by atoms with Crippen molar-refractivity contribution in [3.8, 4) is 11.5 Å². The van der Waals surface area contributed by atoms with Crippen molar-refractivity contribution in [3.63, 3.8) is 0 Å². The molecule has 0 unspecified atom stereocenters. The molecule has 1 aromatic heterocycles. The second-order valence-electron chi connectivity index (χ2n) is 4.38. The van der Waals surface area contributed by atoms with Crippen LogP contribution in [0.3, 0.4) is 0 Å². The number of carboxylic acids is 1. The van der Waals surface area contributed by atoms with Gasteiger partial charge in [-0.15, -0.1) is 0 Å². The maximum atomic E-state index is 11.2. The van der Waals surface area contributed by atoms with Crippen LogP contribution in [0.2, 0.25) is 0 Å². The van der Waals surface area contributed by atoms with Crippen LogP contribution in [0.4, 0.5) is 0 Å². The second kappa shape index (κ2) is 5.54. The second-order valence-corrected chi connectivity index (χ2v) is 5.30. The SMILES string of the molecule is O=C(O)c1cc(Oc2ccc(Br)cc2)c2ccccc2n1. The monoisotopic (exact) mass is 343 g/mol.